The van der Waals surface area contributed by atoms with Crippen LogP contribution in [0.4, 0.5) is 4.39 Å². The number of rotatable bonds is 3. The third-order valence-corrected chi connectivity index (χ3v) is 3.59. The highest BCUT2D eigenvalue weighted by Crippen LogP contribution is 2.29. The molecule has 0 saturated carbocycles. The maximum absolute atomic E-state index is 13.6. The molecule has 1 heterocycles. The predicted molar refractivity (Wildman–Crippen MR) is 69.8 cm³/mol. The summed E-state index contributed by atoms with van der Waals surface area (Å²) in [5, 5.41) is 2.71. The fourth-order valence-electron chi connectivity index (χ4n) is 2.10. The van der Waals surface area contributed by atoms with Crippen LogP contribution in [0.5, 0.6) is 0 Å². The molecular weight excluding hydrogens is 317 g/mol. The first kappa shape index (κ1) is 14.0. The van der Waals surface area contributed by atoms with Crippen LogP contribution in [0.25, 0.3) is 0 Å². The molecule has 1 unspecified atom stereocenters. The standard InChI is InChI=1S/C13H13BrFNO3/c1-7(17)16-13(11-4-5-12(18)19-11)8-2-3-9(14)10(15)6-8/h2-3,6,11,13H,4-5H2,1H3,(H,16,17)/t11-,13?/m0/s1. The molecule has 1 saturated heterocycles. The molecule has 1 amide bonds. The summed E-state index contributed by atoms with van der Waals surface area (Å²) in [6.45, 7) is 1.37. The van der Waals surface area contributed by atoms with Crippen LogP contribution in [0.2, 0.25) is 0 Å². The van der Waals surface area contributed by atoms with E-state index in [0.717, 1.165) is 0 Å². The molecule has 1 fully saturated rings. The van der Waals surface area contributed by atoms with Crippen LogP contribution in [-0.4, -0.2) is 18.0 Å². The van der Waals surface area contributed by atoms with Crippen molar-refractivity contribution >= 4 is 27.8 Å². The van der Waals surface area contributed by atoms with Gasteiger partial charge in [0.2, 0.25) is 5.91 Å². The van der Waals surface area contributed by atoms with Crippen molar-refractivity contribution in [3.05, 3.63) is 34.1 Å². The van der Waals surface area contributed by atoms with Crippen LogP contribution in [0.3, 0.4) is 0 Å². The zero-order valence-electron chi connectivity index (χ0n) is 10.3. The highest BCUT2D eigenvalue weighted by atomic mass is 79.9. The Morgan fingerprint density at radius 3 is 2.84 bits per heavy atom. The average Bonchev–Trinajstić information content (AvgIpc) is 2.76. The third-order valence-electron chi connectivity index (χ3n) is 2.95. The number of hydrogen-bond acceptors (Lipinski definition) is 3. The van der Waals surface area contributed by atoms with Crippen molar-refractivity contribution in [3.63, 3.8) is 0 Å². The first-order chi connectivity index (χ1) is 8.97. The first-order valence-electron chi connectivity index (χ1n) is 5.89. The van der Waals surface area contributed by atoms with E-state index < -0.39 is 18.0 Å². The van der Waals surface area contributed by atoms with E-state index in [-0.39, 0.29) is 11.9 Å². The molecule has 1 aromatic carbocycles. The van der Waals surface area contributed by atoms with Crippen LogP contribution in [0.1, 0.15) is 31.4 Å². The molecule has 2 rings (SSSR count). The van der Waals surface area contributed by atoms with Gasteiger partial charge in [0.25, 0.3) is 0 Å². The van der Waals surface area contributed by atoms with Gasteiger partial charge >= 0.3 is 5.97 Å². The van der Waals surface area contributed by atoms with E-state index in [0.29, 0.717) is 22.9 Å². The first-order valence-corrected chi connectivity index (χ1v) is 6.68. The normalized spacial score (nSPS) is 19.9. The van der Waals surface area contributed by atoms with Gasteiger partial charge in [-0.1, -0.05) is 6.07 Å². The van der Waals surface area contributed by atoms with Crippen molar-refractivity contribution < 1.29 is 18.7 Å². The fraction of sp³-hybridized carbons (Fsp3) is 0.385. The molecular formula is C13H13BrFNO3. The Balaban J connectivity index is 2.28. The Morgan fingerprint density at radius 1 is 1.58 bits per heavy atom. The molecule has 1 aromatic rings. The summed E-state index contributed by atoms with van der Waals surface area (Å²) in [4.78, 5) is 22.4. The second-order valence-corrected chi connectivity index (χ2v) is 5.27. The number of nitrogens with one attached hydrogen (secondary N) is 1. The molecule has 19 heavy (non-hydrogen) atoms. The zero-order chi connectivity index (χ0) is 14.0. The monoisotopic (exact) mass is 329 g/mol. The molecule has 0 bridgehead atoms. The molecule has 0 aliphatic carbocycles. The van der Waals surface area contributed by atoms with E-state index >= 15 is 0 Å². The lowest BCUT2D eigenvalue weighted by Crippen LogP contribution is -2.35. The smallest absolute Gasteiger partial charge is 0.306 e. The van der Waals surface area contributed by atoms with Crippen molar-refractivity contribution in [1.82, 2.24) is 5.32 Å². The molecule has 1 aliphatic rings. The van der Waals surface area contributed by atoms with Crippen LogP contribution in [-0.2, 0) is 14.3 Å². The van der Waals surface area contributed by atoms with Gasteiger partial charge in [-0.25, -0.2) is 4.39 Å². The number of hydrogen-bond donors (Lipinski definition) is 1. The molecule has 0 radical (unpaired) electrons. The molecule has 1 aliphatic heterocycles. The number of benzene rings is 1. The van der Waals surface area contributed by atoms with Crippen molar-refractivity contribution in [2.24, 2.45) is 0 Å². The highest BCUT2D eigenvalue weighted by molar-refractivity contribution is 9.10. The second kappa shape index (κ2) is 5.69. The second-order valence-electron chi connectivity index (χ2n) is 4.42. The number of amides is 1. The number of carbonyl (C=O) groups is 2. The van der Waals surface area contributed by atoms with Crippen molar-refractivity contribution in [2.45, 2.75) is 31.9 Å². The molecule has 1 N–H and O–H groups in total. The maximum atomic E-state index is 13.6. The van der Waals surface area contributed by atoms with Crippen LogP contribution in [0.15, 0.2) is 22.7 Å². The summed E-state index contributed by atoms with van der Waals surface area (Å²) >= 11 is 3.07. The van der Waals surface area contributed by atoms with Gasteiger partial charge in [-0.05, 0) is 40.0 Å². The SMILES string of the molecule is CC(=O)NC(c1ccc(Br)c(F)c1)[C@@H]1CCC(=O)O1. The molecule has 4 nitrogen and oxygen atoms in total. The summed E-state index contributed by atoms with van der Waals surface area (Å²) in [6.07, 6.45) is 0.387. The number of halogens is 2. The average molecular weight is 330 g/mol. The number of ether oxygens (including phenoxy) is 1. The molecule has 102 valence electrons. The Bertz CT molecular complexity index is 521. The lowest BCUT2D eigenvalue weighted by Gasteiger charge is -2.23. The molecule has 0 spiro atoms. The van der Waals surface area contributed by atoms with Crippen LogP contribution >= 0.6 is 15.9 Å². The van der Waals surface area contributed by atoms with Gasteiger partial charge in [0, 0.05) is 13.3 Å². The largest absolute Gasteiger partial charge is 0.460 e. The highest BCUT2D eigenvalue weighted by Gasteiger charge is 2.33. The van der Waals surface area contributed by atoms with E-state index in [1.54, 1.807) is 12.1 Å². The van der Waals surface area contributed by atoms with Crippen LogP contribution < -0.4 is 5.32 Å². The Labute approximate surface area is 118 Å². The minimum absolute atomic E-state index is 0.253. The summed E-state index contributed by atoms with van der Waals surface area (Å²) in [5.74, 6) is -0.966. The summed E-state index contributed by atoms with van der Waals surface area (Å²) in [6, 6.07) is 4.07. The van der Waals surface area contributed by atoms with Crippen molar-refractivity contribution in [2.75, 3.05) is 0 Å². The number of carbonyl (C=O) groups excluding carboxylic acids is 2. The van der Waals surface area contributed by atoms with Gasteiger partial charge in [0.15, 0.2) is 0 Å². The molecule has 6 heteroatoms. The topological polar surface area (TPSA) is 55.4 Å². The van der Waals surface area contributed by atoms with E-state index in [4.69, 9.17) is 4.74 Å². The van der Waals surface area contributed by atoms with E-state index in [1.165, 1.54) is 13.0 Å². The Hall–Kier alpha value is -1.43. The van der Waals surface area contributed by atoms with Crippen LogP contribution in [0, 0.1) is 5.82 Å². The van der Waals surface area contributed by atoms with Gasteiger partial charge in [-0.15, -0.1) is 0 Å². The minimum Gasteiger partial charge on any atom is -0.460 e. The van der Waals surface area contributed by atoms with Gasteiger partial charge in [-0.2, -0.15) is 0 Å². The summed E-state index contributed by atoms with van der Waals surface area (Å²) < 4.78 is 19.1. The van der Waals surface area contributed by atoms with Gasteiger partial charge in [-0.3, -0.25) is 9.59 Å². The van der Waals surface area contributed by atoms with E-state index in [1.807, 2.05) is 0 Å². The zero-order valence-corrected chi connectivity index (χ0v) is 11.9. The predicted octanol–water partition coefficient (Wildman–Crippen LogP) is 2.47. The maximum Gasteiger partial charge on any atom is 0.306 e. The summed E-state index contributed by atoms with van der Waals surface area (Å²) in [7, 11) is 0. The molecule has 2 atom stereocenters. The lowest BCUT2D eigenvalue weighted by atomic mass is 9.99. The molecule has 0 aromatic heterocycles. The van der Waals surface area contributed by atoms with E-state index in [9.17, 15) is 14.0 Å². The van der Waals surface area contributed by atoms with E-state index in [2.05, 4.69) is 21.2 Å². The Morgan fingerprint density at radius 2 is 2.32 bits per heavy atom. The fourth-order valence-corrected chi connectivity index (χ4v) is 2.34. The van der Waals surface area contributed by atoms with Crippen molar-refractivity contribution in [1.29, 1.82) is 0 Å². The minimum atomic E-state index is -0.522. The number of esters is 1. The van der Waals surface area contributed by atoms with Crippen molar-refractivity contribution in [3.8, 4) is 0 Å². The van der Waals surface area contributed by atoms with Gasteiger partial charge < -0.3 is 10.1 Å². The summed E-state index contributed by atoms with van der Waals surface area (Å²) in [5.41, 5.74) is 0.579. The quantitative estimate of drug-likeness (QED) is 0.867. The van der Waals surface area contributed by atoms with Gasteiger partial charge in [0.05, 0.1) is 10.5 Å². The van der Waals surface area contributed by atoms with Gasteiger partial charge in [0.1, 0.15) is 11.9 Å². The number of cyclic esters (lactones) is 1. The Kier molecular flexibility index (Phi) is 4.19. The third kappa shape index (κ3) is 3.32. The lowest BCUT2D eigenvalue weighted by molar-refractivity contribution is -0.143.